The second kappa shape index (κ2) is 9.21. The molecule has 0 fully saturated rings. The molecule has 0 aliphatic carbocycles. The van der Waals surface area contributed by atoms with E-state index in [4.69, 9.17) is 23.2 Å². The lowest BCUT2D eigenvalue weighted by Crippen LogP contribution is -1.99. The molecule has 9 nitrogen and oxygen atoms in total. The van der Waals surface area contributed by atoms with Gasteiger partial charge in [0.2, 0.25) is 16.5 Å². The van der Waals surface area contributed by atoms with Gasteiger partial charge >= 0.3 is 0 Å². The zero-order valence-corrected chi connectivity index (χ0v) is 18.2. The van der Waals surface area contributed by atoms with Crippen molar-refractivity contribution < 1.29 is 4.79 Å². The van der Waals surface area contributed by atoms with E-state index < -0.39 is 0 Å². The maximum absolute atomic E-state index is 11.4. The van der Waals surface area contributed by atoms with Crippen molar-refractivity contribution in [1.82, 2.24) is 24.9 Å². The fraction of sp³-hybridized carbons (Fsp3) is 0.0526. The summed E-state index contributed by atoms with van der Waals surface area (Å²) in [6.07, 6.45) is 1.66. The van der Waals surface area contributed by atoms with Crippen LogP contribution in [0, 0.1) is 0 Å². The van der Waals surface area contributed by atoms with Gasteiger partial charge in [-0.15, -0.1) is 10.2 Å². The van der Waals surface area contributed by atoms with E-state index in [2.05, 4.69) is 40.5 Å². The van der Waals surface area contributed by atoms with Crippen LogP contribution in [0.1, 0.15) is 17.3 Å². The van der Waals surface area contributed by atoms with Crippen LogP contribution in [0.5, 0.6) is 0 Å². The Bertz CT molecular complexity index is 1240. The van der Waals surface area contributed by atoms with Crippen LogP contribution in [0.15, 0.2) is 58.9 Å². The number of nitrogens with one attached hydrogen (secondary N) is 1. The van der Waals surface area contributed by atoms with Crippen LogP contribution in [-0.2, 0) is 0 Å². The van der Waals surface area contributed by atoms with Crippen LogP contribution < -0.4 is 5.32 Å². The third-order valence-electron chi connectivity index (χ3n) is 3.85. The second-order valence-electron chi connectivity index (χ2n) is 6.01. The smallest absolute Gasteiger partial charge is 0.234 e. The first-order valence-corrected chi connectivity index (χ1v) is 10.3. The maximum atomic E-state index is 11.4. The van der Waals surface area contributed by atoms with Crippen molar-refractivity contribution in [3.8, 4) is 11.4 Å². The number of benzene rings is 1. The lowest BCUT2D eigenvalue weighted by atomic mass is 10.1. The van der Waals surface area contributed by atoms with Crippen LogP contribution in [0.25, 0.3) is 11.4 Å². The Kier molecular flexibility index (Phi) is 6.21. The zero-order chi connectivity index (χ0) is 21.8. The van der Waals surface area contributed by atoms with Gasteiger partial charge in [-0.25, -0.2) is 4.98 Å². The summed E-state index contributed by atoms with van der Waals surface area (Å²) in [4.78, 5) is 32.0. The average Bonchev–Trinajstić information content (AvgIpc) is 3.15. The Morgan fingerprint density at radius 3 is 2.35 bits per heavy atom. The number of ketones is 1. The van der Waals surface area contributed by atoms with Crippen LogP contribution >= 0.6 is 34.5 Å². The molecular formula is C19H12Cl2N8OS. The van der Waals surface area contributed by atoms with Gasteiger partial charge < -0.3 is 0 Å². The number of Topliss-reactive ketones (excluding diaryl/α,β-unsaturated/α-hetero) is 1. The molecular weight excluding hydrogens is 459 g/mol. The number of carbonyl (C=O) groups is 1. The van der Waals surface area contributed by atoms with Gasteiger partial charge in [-0.05, 0) is 66.5 Å². The molecule has 12 heteroatoms. The van der Waals surface area contributed by atoms with Gasteiger partial charge in [0.25, 0.3) is 0 Å². The number of rotatable bonds is 6. The van der Waals surface area contributed by atoms with E-state index in [0.29, 0.717) is 32.8 Å². The fourth-order valence-electron chi connectivity index (χ4n) is 2.45. The highest BCUT2D eigenvalue weighted by molar-refractivity contribution is 7.19. The highest BCUT2D eigenvalue weighted by Gasteiger charge is 2.16. The summed E-state index contributed by atoms with van der Waals surface area (Å²) < 4.78 is 0. The molecule has 0 unspecified atom stereocenters. The largest absolute Gasteiger partial charge is 0.300 e. The predicted octanol–water partition coefficient (Wildman–Crippen LogP) is 6.06. The van der Waals surface area contributed by atoms with E-state index in [0.717, 1.165) is 0 Å². The third kappa shape index (κ3) is 5.23. The molecule has 0 saturated carbocycles. The molecule has 0 aliphatic rings. The van der Waals surface area contributed by atoms with Gasteiger partial charge in [-0.3, -0.25) is 15.1 Å². The Morgan fingerprint density at radius 2 is 1.71 bits per heavy atom. The SMILES string of the molecule is CC(=O)c1ccc(N=Nc2sc(Nc3nc(Cl)nc(Cl)n3)nc2-c2ccccn2)cc1. The van der Waals surface area contributed by atoms with Crippen LogP contribution in [0.2, 0.25) is 10.6 Å². The van der Waals surface area contributed by atoms with E-state index in [1.54, 1.807) is 30.5 Å². The molecule has 1 N–H and O–H groups in total. The van der Waals surface area contributed by atoms with E-state index in [9.17, 15) is 4.79 Å². The van der Waals surface area contributed by atoms with E-state index >= 15 is 0 Å². The quantitative estimate of drug-likeness (QED) is 0.268. The first-order chi connectivity index (χ1) is 15.0. The summed E-state index contributed by atoms with van der Waals surface area (Å²) in [6, 6.07) is 12.3. The summed E-state index contributed by atoms with van der Waals surface area (Å²) >= 11 is 12.9. The number of aromatic nitrogens is 5. The minimum absolute atomic E-state index is 0.0161. The molecule has 1 aromatic carbocycles. The molecule has 154 valence electrons. The summed E-state index contributed by atoms with van der Waals surface area (Å²) in [5, 5.41) is 12.4. The summed E-state index contributed by atoms with van der Waals surface area (Å²) in [5.74, 6) is 0.132. The first-order valence-electron chi connectivity index (χ1n) is 8.77. The zero-order valence-electron chi connectivity index (χ0n) is 15.8. The molecule has 0 bridgehead atoms. The molecule has 31 heavy (non-hydrogen) atoms. The molecule has 3 heterocycles. The standard InChI is InChI=1S/C19H12Cl2N8OS/c1-10(30)11-5-7-12(8-6-11)28-29-15-14(13-4-2-3-9-22-13)23-19(31-15)27-18-25-16(20)24-17(21)26-18/h2-9H,1H3,(H,23,24,25,26,27). The Morgan fingerprint density at radius 1 is 0.968 bits per heavy atom. The third-order valence-corrected chi connectivity index (χ3v) is 5.04. The summed E-state index contributed by atoms with van der Waals surface area (Å²) in [6.45, 7) is 1.51. The number of hydrogen-bond donors (Lipinski definition) is 1. The van der Waals surface area contributed by atoms with Crippen LogP contribution in [-0.4, -0.2) is 30.7 Å². The Hall–Kier alpha value is -3.34. The van der Waals surface area contributed by atoms with Crippen molar-refractivity contribution in [2.45, 2.75) is 6.92 Å². The molecule has 0 radical (unpaired) electrons. The molecule has 0 amide bonds. The summed E-state index contributed by atoms with van der Waals surface area (Å²) in [7, 11) is 0. The lowest BCUT2D eigenvalue weighted by molar-refractivity contribution is 0.101. The van der Waals surface area contributed by atoms with E-state index in [1.807, 2.05) is 18.2 Å². The minimum atomic E-state index is -0.0436. The molecule has 0 atom stereocenters. The van der Waals surface area contributed by atoms with Crippen molar-refractivity contribution in [2.75, 3.05) is 5.32 Å². The van der Waals surface area contributed by atoms with Crippen molar-refractivity contribution >= 4 is 62.1 Å². The topological polar surface area (TPSA) is 118 Å². The number of hydrogen-bond acceptors (Lipinski definition) is 10. The number of pyridine rings is 1. The second-order valence-corrected chi connectivity index (χ2v) is 7.67. The highest BCUT2D eigenvalue weighted by Crippen LogP contribution is 2.39. The van der Waals surface area contributed by atoms with Gasteiger partial charge in [-0.1, -0.05) is 17.4 Å². The lowest BCUT2D eigenvalue weighted by Gasteiger charge is -2.00. The fourth-order valence-corrected chi connectivity index (χ4v) is 3.60. The molecule has 0 saturated heterocycles. The van der Waals surface area contributed by atoms with E-state index in [1.165, 1.54) is 18.3 Å². The average molecular weight is 471 g/mol. The van der Waals surface area contributed by atoms with Gasteiger partial charge in [0.1, 0.15) is 5.69 Å². The number of carbonyl (C=O) groups excluding carboxylic acids is 1. The van der Waals surface area contributed by atoms with Crippen molar-refractivity contribution in [3.05, 3.63) is 64.8 Å². The van der Waals surface area contributed by atoms with Crippen molar-refractivity contribution in [2.24, 2.45) is 10.2 Å². The number of nitrogens with zero attached hydrogens (tertiary/aromatic N) is 7. The monoisotopic (exact) mass is 470 g/mol. The number of halogens is 2. The molecule has 4 aromatic rings. The number of azo groups is 1. The molecule has 3 aromatic heterocycles. The molecule has 0 spiro atoms. The van der Waals surface area contributed by atoms with Crippen molar-refractivity contribution in [3.63, 3.8) is 0 Å². The highest BCUT2D eigenvalue weighted by atomic mass is 35.5. The number of anilines is 2. The minimum Gasteiger partial charge on any atom is -0.300 e. The normalized spacial score (nSPS) is 11.1. The number of thiazole rings is 1. The van der Waals surface area contributed by atoms with Gasteiger partial charge in [0, 0.05) is 11.8 Å². The van der Waals surface area contributed by atoms with Crippen LogP contribution in [0.4, 0.5) is 21.8 Å². The Labute approximate surface area is 190 Å². The molecule has 0 aliphatic heterocycles. The van der Waals surface area contributed by atoms with Gasteiger partial charge in [-0.2, -0.15) is 15.0 Å². The molecule has 4 rings (SSSR count). The van der Waals surface area contributed by atoms with E-state index in [-0.39, 0.29) is 22.3 Å². The van der Waals surface area contributed by atoms with Crippen LogP contribution in [0.3, 0.4) is 0 Å². The van der Waals surface area contributed by atoms with Gasteiger partial charge in [0.05, 0.1) is 11.4 Å². The Balaban J connectivity index is 1.67. The summed E-state index contributed by atoms with van der Waals surface area (Å²) in [5.41, 5.74) is 2.35. The maximum Gasteiger partial charge on any atom is 0.234 e. The predicted molar refractivity (Wildman–Crippen MR) is 119 cm³/mol. The van der Waals surface area contributed by atoms with Crippen molar-refractivity contribution in [1.29, 1.82) is 0 Å². The van der Waals surface area contributed by atoms with Gasteiger partial charge in [0.15, 0.2) is 15.9 Å². The first kappa shape index (κ1) is 20.9.